The van der Waals surface area contributed by atoms with Gasteiger partial charge in [-0.05, 0) is 26.0 Å². The maximum absolute atomic E-state index is 11.2. The van der Waals surface area contributed by atoms with Crippen molar-refractivity contribution >= 4 is 16.5 Å². The molecule has 0 fully saturated rings. The highest BCUT2D eigenvalue weighted by Gasteiger charge is 2.19. The molecular weight excluding hydrogens is 198 g/mol. The summed E-state index contributed by atoms with van der Waals surface area (Å²) in [5.74, 6) is 0. The van der Waals surface area contributed by atoms with E-state index in [0.29, 0.717) is 16.1 Å². The standard InChI is InChI=1S/C10H15NO2S/c1-10(2,12)8-5-4-7(14(3)13)6-9(8)11/h4-6,12H,11H2,1-3H3. The number of rotatable bonds is 2. The Hall–Kier alpha value is -0.870. The predicted molar refractivity (Wildman–Crippen MR) is 58.4 cm³/mol. The fraction of sp³-hybridized carbons (Fsp3) is 0.400. The summed E-state index contributed by atoms with van der Waals surface area (Å²) in [7, 11) is -1.04. The Kier molecular flexibility index (Phi) is 2.97. The minimum absolute atomic E-state index is 0.477. The molecule has 0 saturated carbocycles. The van der Waals surface area contributed by atoms with Gasteiger partial charge in [-0.25, -0.2) is 0 Å². The highest BCUT2D eigenvalue weighted by molar-refractivity contribution is 7.84. The highest BCUT2D eigenvalue weighted by atomic mass is 32.2. The van der Waals surface area contributed by atoms with E-state index < -0.39 is 16.4 Å². The summed E-state index contributed by atoms with van der Waals surface area (Å²) in [4.78, 5) is 0.676. The van der Waals surface area contributed by atoms with Gasteiger partial charge in [0.15, 0.2) is 0 Å². The number of nitrogens with two attached hydrogens (primary N) is 1. The first-order valence-electron chi connectivity index (χ1n) is 4.28. The van der Waals surface area contributed by atoms with Crippen LogP contribution in [-0.2, 0) is 16.4 Å². The molecule has 0 spiro atoms. The molecule has 0 radical (unpaired) electrons. The van der Waals surface area contributed by atoms with Gasteiger partial charge in [0.2, 0.25) is 0 Å². The largest absolute Gasteiger partial charge is 0.398 e. The van der Waals surface area contributed by atoms with Gasteiger partial charge in [-0.2, -0.15) is 0 Å². The smallest absolute Gasteiger partial charge is 0.0860 e. The Morgan fingerprint density at radius 2 is 2.00 bits per heavy atom. The van der Waals surface area contributed by atoms with Crippen molar-refractivity contribution in [3.8, 4) is 0 Å². The van der Waals surface area contributed by atoms with Crippen molar-refractivity contribution in [3.05, 3.63) is 23.8 Å². The molecule has 3 N–H and O–H groups in total. The molecule has 0 bridgehead atoms. The van der Waals surface area contributed by atoms with Gasteiger partial charge in [0.05, 0.1) is 5.60 Å². The number of benzene rings is 1. The van der Waals surface area contributed by atoms with Crippen LogP contribution in [0.5, 0.6) is 0 Å². The third kappa shape index (κ3) is 2.33. The Labute approximate surface area is 86.4 Å². The minimum atomic E-state index is -1.04. The summed E-state index contributed by atoms with van der Waals surface area (Å²) in [5, 5.41) is 9.74. The molecule has 1 rings (SSSR count). The van der Waals surface area contributed by atoms with E-state index in [1.54, 1.807) is 38.3 Å². The van der Waals surface area contributed by atoms with Crippen molar-refractivity contribution in [2.45, 2.75) is 24.3 Å². The molecule has 1 aromatic rings. The normalized spacial score (nSPS) is 14.0. The van der Waals surface area contributed by atoms with Crippen molar-refractivity contribution in [3.63, 3.8) is 0 Å². The van der Waals surface area contributed by atoms with Crippen LogP contribution in [0.2, 0.25) is 0 Å². The Morgan fingerprint density at radius 1 is 1.43 bits per heavy atom. The Morgan fingerprint density at radius 3 is 2.36 bits per heavy atom. The molecule has 0 aliphatic carbocycles. The molecule has 1 unspecified atom stereocenters. The van der Waals surface area contributed by atoms with Gasteiger partial charge in [-0.3, -0.25) is 4.21 Å². The maximum atomic E-state index is 11.2. The topological polar surface area (TPSA) is 63.3 Å². The van der Waals surface area contributed by atoms with E-state index in [2.05, 4.69) is 0 Å². The van der Waals surface area contributed by atoms with E-state index in [1.165, 1.54) is 0 Å². The van der Waals surface area contributed by atoms with Crippen molar-refractivity contribution < 1.29 is 9.32 Å². The lowest BCUT2D eigenvalue weighted by molar-refractivity contribution is 0.0793. The number of nitrogen functional groups attached to an aromatic ring is 1. The van der Waals surface area contributed by atoms with Gasteiger partial charge in [0, 0.05) is 33.2 Å². The zero-order valence-electron chi connectivity index (χ0n) is 8.57. The monoisotopic (exact) mass is 213 g/mol. The molecule has 0 aromatic heterocycles. The summed E-state index contributed by atoms with van der Waals surface area (Å²) in [6, 6.07) is 5.08. The van der Waals surface area contributed by atoms with Gasteiger partial charge in [-0.15, -0.1) is 0 Å². The van der Waals surface area contributed by atoms with Crippen LogP contribution in [-0.4, -0.2) is 15.6 Å². The molecule has 0 saturated heterocycles. The van der Waals surface area contributed by atoms with Gasteiger partial charge in [0.1, 0.15) is 0 Å². The van der Waals surface area contributed by atoms with Gasteiger partial charge in [-0.1, -0.05) is 6.07 Å². The van der Waals surface area contributed by atoms with Crippen LogP contribution in [0.15, 0.2) is 23.1 Å². The molecule has 1 aromatic carbocycles. The van der Waals surface area contributed by atoms with Crippen molar-refractivity contribution in [1.82, 2.24) is 0 Å². The maximum Gasteiger partial charge on any atom is 0.0860 e. The summed E-state index contributed by atoms with van der Waals surface area (Å²) in [5.41, 5.74) is 5.93. The lowest BCUT2D eigenvalue weighted by Gasteiger charge is -2.20. The second-order valence-corrected chi connectivity index (χ2v) is 5.14. The summed E-state index contributed by atoms with van der Waals surface area (Å²) < 4.78 is 11.2. The Bertz CT molecular complexity index is 369. The predicted octanol–water partition coefficient (Wildman–Crippen LogP) is 1.23. The molecule has 14 heavy (non-hydrogen) atoms. The summed E-state index contributed by atoms with van der Waals surface area (Å²) in [6.07, 6.45) is 1.60. The van der Waals surface area contributed by atoms with Crippen LogP contribution >= 0.6 is 0 Å². The van der Waals surface area contributed by atoms with Crippen LogP contribution in [0.1, 0.15) is 19.4 Å². The molecule has 4 heteroatoms. The van der Waals surface area contributed by atoms with Crippen LogP contribution in [0.25, 0.3) is 0 Å². The van der Waals surface area contributed by atoms with Crippen molar-refractivity contribution in [1.29, 1.82) is 0 Å². The average molecular weight is 213 g/mol. The molecule has 0 aliphatic heterocycles. The third-order valence-corrected chi connectivity index (χ3v) is 2.93. The van der Waals surface area contributed by atoms with Crippen LogP contribution < -0.4 is 5.73 Å². The first-order valence-corrected chi connectivity index (χ1v) is 5.84. The lowest BCUT2D eigenvalue weighted by atomic mass is 9.97. The van der Waals surface area contributed by atoms with E-state index in [-0.39, 0.29) is 0 Å². The lowest BCUT2D eigenvalue weighted by Crippen LogP contribution is -2.17. The van der Waals surface area contributed by atoms with Gasteiger partial charge < -0.3 is 10.8 Å². The first kappa shape index (κ1) is 11.2. The van der Waals surface area contributed by atoms with E-state index >= 15 is 0 Å². The van der Waals surface area contributed by atoms with Crippen molar-refractivity contribution in [2.75, 3.05) is 12.0 Å². The number of hydrogen-bond acceptors (Lipinski definition) is 3. The summed E-state index contributed by atoms with van der Waals surface area (Å²) >= 11 is 0. The fourth-order valence-electron chi connectivity index (χ4n) is 1.28. The molecule has 78 valence electrons. The zero-order chi connectivity index (χ0) is 10.9. The molecular formula is C10H15NO2S. The SMILES string of the molecule is CS(=O)c1ccc(C(C)(C)O)c(N)c1. The Balaban J connectivity index is 3.21. The minimum Gasteiger partial charge on any atom is -0.398 e. The highest BCUT2D eigenvalue weighted by Crippen LogP contribution is 2.27. The number of hydrogen-bond donors (Lipinski definition) is 2. The van der Waals surface area contributed by atoms with Gasteiger partial charge >= 0.3 is 0 Å². The molecule has 0 amide bonds. The van der Waals surface area contributed by atoms with E-state index in [9.17, 15) is 9.32 Å². The van der Waals surface area contributed by atoms with E-state index in [0.717, 1.165) is 0 Å². The van der Waals surface area contributed by atoms with Crippen LogP contribution in [0.4, 0.5) is 5.69 Å². The number of anilines is 1. The van der Waals surface area contributed by atoms with Crippen LogP contribution in [0.3, 0.4) is 0 Å². The fourth-order valence-corrected chi connectivity index (χ4v) is 1.83. The second kappa shape index (κ2) is 3.71. The zero-order valence-corrected chi connectivity index (χ0v) is 9.39. The second-order valence-electron chi connectivity index (χ2n) is 3.76. The van der Waals surface area contributed by atoms with Gasteiger partial charge in [0.25, 0.3) is 0 Å². The van der Waals surface area contributed by atoms with E-state index in [1.807, 2.05) is 0 Å². The number of aliphatic hydroxyl groups is 1. The molecule has 0 heterocycles. The van der Waals surface area contributed by atoms with E-state index in [4.69, 9.17) is 5.73 Å². The quantitative estimate of drug-likeness (QED) is 0.726. The first-order chi connectivity index (χ1) is 6.32. The molecule has 1 atom stereocenters. The average Bonchev–Trinajstić information content (AvgIpc) is 2.01. The molecule has 0 aliphatic rings. The third-order valence-electron chi connectivity index (χ3n) is 2.01. The van der Waals surface area contributed by atoms with Crippen molar-refractivity contribution in [2.24, 2.45) is 0 Å². The van der Waals surface area contributed by atoms with Crippen LogP contribution in [0, 0.1) is 0 Å². The summed E-state index contributed by atoms with van der Waals surface area (Å²) in [6.45, 7) is 3.34. The molecule has 3 nitrogen and oxygen atoms in total.